The minimum absolute atomic E-state index is 0.140. The Morgan fingerprint density at radius 1 is 1.20 bits per heavy atom. The van der Waals surface area contributed by atoms with Gasteiger partial charge in [0.25, 0.3) is 5.91 Å². The molecule has 0 fully saturated rings. The molecule has 1 aliphatic rings. The zero-order valence-corrected chi connectivity index (χ0v) is 16.1. The number of carbonyl (C=O) groups excluding carboxylic acids is 1. The summed E-state index contributed by atoms with van der Waals surface area (Å²) < 4.78 is 0. The number of hydrogen-bond acceptors (Lipinski definition) is 3. The van der Waals surface area contributed by atoms with Crippen LogP contribution in [0.2, 0.25) is 5.02 Å². The fourth-order valence-electron chi connectivity index (χ4n) is 2.81. The van der Waals surface area contributed by atoms with Gasteiger partial charge in [-0.2, -0.15) is 0 Å². The molecule has 0 unspecified atom stereocenters. The van der Waals surface area contributed by atoms with E-state index in [1.54, 1.807) is 28.8 Å². The zero-order chi connectivity index (χ0) is 18.0. The van der Waals surface area contributed by atoms with Crippen LogP contribution in [0.4, 0.5) is 5.69 Å². The number of rotatable bonds is 3. The van der Waals surface area contributed by atoms with Crippen LogP contribution in [0.1, 0.15) is 42.6 Å². The first-order valence-corrected chi connectivity index (χ1v) is 9.74. The number of benzene rings is 2. The maximum absolute atomic E-state index is 13.4. The molecule has 0 aliphatic carbocycles. The van der Waals surface area contributed by atoms with Crippen molar-refractivity contribution < 1.29 is 4.79 Å². The average Bonchev–Trinajstić information content (AvgIpc) is 3.01. The molecule has 1 aliphatic heterocycles. The van der Waals surface area contributed by atoms with E-state index in [1.807, 2.05) is 30.3 Å². The molecule has 1 heterocycles. The highest BCUT2D eigenvalue weighted by Crippen LogP contribution is 2.33. The molecule has 1 atom stereocenters. The van der Waals surface area contributed by atoms with Gasteiger partial charge in [-0.15, -0.1) is 0 Å². The molecule has 0 radical (unpaired) electrons. The average molecular weight is 373 g/mol. The second-order valence-electron chi connectivity index (χ2n) is 6.41. The summed E-state index contributed by atoms with van der Waals surface area (Å²) in [6, 6.07) is 15.4. The molecule has 3 rings (SSSR count). The van der Waals surface area contributed by atoms with E-state index in [9.17, 15) is 4.79 Å². The smallest absolute Gasteiger partial charge is 0.265 e. The first kappa shape index (κ1) is 18.0. The Balaban J connectivity index is 2.13. The predicted octanol–water partition coefficient (Wildman–Crippen LogP) is 5.60. The maximum atomic E-state index is 13.4. The van der Waals surface area contributed by atoms with Crippen molar-refractivity contribution in [3.8, 4) is 0 Å². The highest BCUT2D eigenvalue weighted by Gasteiger charge is 2.30. The molecular formula is C20H21ClN2OS. The Hall–Kier alpha value is -1.78. The van der Waals surface area contributed by atoms with E-state index in [-0.39, 0.29) is 11.9 Å². The van der Waals surface area contributed by atoms with Gasteiger partial charge in [-0.3, -0.25) is 14.7 Å². The third kappa shape index (κ3) is 3.75. The monoisotopic (exact) mass is 372 g/mol. The molecule has 2 aromatic carbocycles. The number of halogens is 1. The summed E-state index contributed by atoms with van der Waals surface area (Å²) in [6.07, 6.45) is 0. The van der Waals surface area contributed by atoms with Crippen LogP contribution >= 0.6 is 23.4 Å². The van der Waals surface area contributed by atoms with Crippen molar-refractivity contribution in [2.75, 3.05) is 10.7 Å². The Labute approximate surface area is 158 Å². The fourth-order valence-corrected chi connectivity index (χ4v) is 4.06. The maximum Gasteiger partial charge on any atom is 0.265 e. The molecular weight excluding hydrogens is 352 g/mol. The first-order valence-electron chi connectivity index (χ1n) is 8.37. The van der Waals surface area contributed by atoms with Gasteiger partial charge in [-0.1, -0.05) is 67.5 Å². The highest BCUT2D eigenvalue weighted by atomic mass is 35.5. The molecule has 0 saturated heterocycles. The Morgan fingerprint density at radius 2 is 1.88 bits per heavy atom. The third-order valence-corrected chi connectivity index (χ3v) is 5.61. The molecule has 0 aromatic heterocycles. The number of amidine groups is 1. The van der Waals surface area contributed by atoms with E-state index < -0.39 is 0 Å². The summed E-state index contributed by atoms with van der Waals surface area (Å²) in [5.74, 6) is 1.03. The van der Waals surface area contributed by atoms with E-state index in [4.69, 9.17) is 11.6 Å². The first-order chi connectivity index (χ1) is 12.0. The van der Waals surface area contributed by atoms with Crippen LogP contribution in [0.5, 0.6) is 0 Å². The minimum Gasteiger partial charge on any atom is -0.268 e. The standard InChI is InChI=1S/C20H21ClN2OS/c1-13(2)15-8-5-7-11-18(15)23(20-22-14(3)12-25-20)19(24)16-9-4-6-10-17(16)21/h4-11,13-14H,12H2,1-3H3/t14-/m1/s1. The second kappa shape index (κ2) is 7.63. The summed E-state index contributed by atoms with van der Waals surface area (Å²) in [5, 5.41) is 1.20. The lowest BCUT2D eigenvalue weighted by Gasteiger charge is -2.26. The van der Waals surface area contributed by atoms with Crippen molar-refractivity contribution >= 4 is 40.1 Å². The van der Waals surface area contributed by atoms with Gasteiger partial charge in [-0.05, 0) is 36.6 Å². The van der Waals surface area contributed by atoms with E-state index in [1.165, 1.54) is 0 Å². The van der Waals surface area contributed by atoms with Crippen LogP contribution in [-0.2, 0) is 0 Å². The fraction of sp³-hybridized carbons (Fsp3) is 0.300. The van der Waals surface area contributed by atoms with Gasteiger partial charge < -0.3 is 0 Å². The Bertz CT molecular complexity index is 819. The number of amides is 1. The van der Waals surface area contributed by atoms with Crippen molar-refractivity contribution in [2.24, 2.45) is 4.99 Å². The van der Waals surface area contributed by atoms with Crippen LogP contribution in [0, 0.1) is 0 Å². The van der Waals surface area contributed by atoms with Crippen LogP contribution in [0.3, 0.4) is 0 Å². The third-order valence-electron chi connectivity index (χ3n) is 4.08. The van der Waals surface area contributed by atoms with Crippen LogP contribution in [0.15, 0.2) is 53.5 Å². The van der Waals surface area contributed by atoms with Crippen molar-refractivity contribution in [1.29, 1.82) is 0 Å². The minimum atomic E-state index is -0.140. The number of carbonyl (C=O) groups is 1. The van der Waals surface area contributed by atoms with Crippen molar-refractivity contribution in [2.45, 2.75) is 32.7 Å². The van der Waals surface area contributed by atoms with Crippen LogP contribution < -0.4 is 4.90 Å². The van der Waals surface area contributed by atoms with Crippen LogP contribution in [-0.4, -0.2) is 22.9 Å². The molecule has 1 amide bonds. The van der Waals surface area contributed by atoms with Gasteiger partial charge in [0.2, 0.25) is 0 Å². The summed E-state index contributed by atoms with van der Waals surface area (Å²) in [4.78, 5) is 19.8. The number of aliphatic imine (C=N–C) groups is 1. The zero-order valence-electron chi connectivity index (χ0n) is 14.6. The number of para-hydroxylation sites is 1. The van der Waals surface area contributed by atoms with Gasteiger partial charge in [0, 0.05) is 5.75 Å². The van der Waals surface area contributed by atoms with Crippen molar-refractivity contribution in [1.82, 2.24) is 0 Å². The molecule has 130 valence electrons. The number of anilines is 1. The second-order valence-corrected chi connectivity index (χ2v) is 7.80. The van der Waals surface area contributed by atoms with E-state index in [0.29, 0.717) is 16.5 Å². The summed E-state index contributed by atoms with van der Waals surface area (Å²) in [6.45, 7) is 6.32. The number of hydrogen-bond donors (Lipinski definition) is 0. The molecule has 25 heavy (non-hydrogen) atoms. The van der Waals surface area contributed by atoms with Crippen molar-refractivity contribution in [3.05, 3.63) is 64.7 Å². The van der Waals surface area contributed by atoms with Crippen LogP contribution in [0.25, 0.3) is 0 Å². The molecule has 5 heteroatoms. The van der Waals surface area contributed by atoms with Gasteiger partial charge in [-0.25, -0.2) is 0 Å². The lowest BCUT2D eigenvalue weighted by Crippen LogP contribution is -2.35. The molecule has 2 aromatic rings. The summed E-state index contributed by atoms with van der Waals surface area (Å²) >= 11 is 7.91. The van der Waals surface area contributed by atoms with E-state index >= 15 is 0 Å². The summed E-state index contributed by atoms with van der Waals surface area (Å²) in [5.41, 5.74) is 2.49. The topological polar surface area (TPSA) is 32.7 Å². The predicted molar refractivity (Wildman–Crippen MR) is 108 cm³/mol. The van der Waals surface area contributed by atoms with Gasteiger partial charge >= 0.3 is 0 Å². The Morgan fingerprint density at radius 3 is 2.52 bits per heavy atom. The SMILES string of the molecule is CC(C)c1ccccc1N(C(=O)c1ccccc1Cl)C1=N[C@H](C)CS1. The highest BCUT2D eigenvalue weighted by molar-refractivity contribution is 8.14. The largest absolute Gasteiger partial charge is 0.268 e. The molecule has 0 N–H and O–H groups in total. The Kier molecular flexibility index (Phi) is 5.50. The van der Waals surface area contributed by atoms with Gasteiger partial charge in [0.05, 0.1) is 22.3 Å². The molecule has 0 saturated carbocycles. The molecule has 0 bridgehead atoms. The molecule has 3 nitrogen and oxygen atoms in total. The van der Waals surface area contributed by atoms with E-state index in [2.05, 4.69) is 31.8 Å². The van der Waals surface area contributed by atoms with E-state index in [0.717, 1.165) is 22.2 Å². The molecule has 0 spiro atoms. The number of thioether (sulfide) groups is 1. The lowest BCUT2D eigenvalue weighted by atomic mass is 10.00. The number of nitrogens with zero attached hydrogens (tertiary/aromatic N) is 2. The van der Waals surface area contributed by atoms with Gasteiger partial charge in [0.15, 0.2) is 5.17 Å². The quantitative estimate of drug-likeness (QED) is 0.702. The summed E-state index contributed by atoms with van der Waals surface area (Å²) in [7, 11) is 0. The van der Waals surface area contributed by atoms with Gasteiger partial charge in [0.1, 0.15) is 0 Å². The van der Waals surface area contributed by atoms with Crippen molar-refractivity contribution in [3.63, 3.8) is 0 Å². The lowest BCUT2D eigenvalue weighted by molar-refractivity contribution is 0.100. The normalized spacial score (nSPS) is 16.8.